The van der Waals surface area contributed by atoms with Gasteiger partial charge in [0.1, 0.15) is 6.04 Å². The van der Waals surface area contributed by atoms with Crippen LogP contribution >= 0.6 is 11.8 Å². The molecule has 0 saturated carbocycles. The molecule has 2 aromatic rings. The van der Waals surface area contributed by atoms with Crippen LogP contribution in [0.25, 0.3) is 0 Å². The van der Waals surface area contributed by atoms with Crippen LogP contribution in [-0.2, 0) is 6.42 Å². The van der Waals surface area contributed by atoms with Crippen molar-refractivity contribution < 1.29 is 4.52 Å². The van der Waals surface area contributed by atoms with Crippen molar-refractivity contribution in [2.75, 3.05) is 11.1 Å². The van der Waals surface area contributed by atoms with Gasteiger partial charge in [-0.3, -0.25) is 0 Å². The van der Waals surface area contributed by atoms with E-state index in [9.17, 15) is 0 Å². The summed E-state index contributed by atoms with van der Waals surface area (Å²) in [6, 6.07) is 8.50. The van der Waals surface area contributed by atoms with Gasteiger partial charge in [-0.15, -0.1) is 0 Å². The Morgan fingerprint density at radius 3 is 3.05 bits per heavy atom. The minimum absolute atomic E-state index is 0.127. The molecule has 1 saturated heterocycles. The largest absolute Gasteiger partial charge is 0.373 e. The van der Waals surface area contributed by atoms with Gasteiger partial charge in [-0.05, 0) is 30.2 Å². The van der Waals surface area contributed by atoms with Gasteiger partial charge in [-0.2, -0.15) is 16.7 Å². The number of para-hydroxylation sites is 1. The molecule has 1 N–H and O–H groups in total. The van der Waals surface area contributed by atoms with Gasteiger partial charge >= 0.3 is 0 Å². The van der Waals surface area contributed by atoms with Crippen molar-refractivity contribution in [1.82, 2.24) is 10.1 Å². The van der Waals surface area contributed by atoms with E-state index in [2.05, 4.69) is 33.7 Å². The highest BCUT2D eigenvalue weighted by atomic mass is 32.2. The highest BCUT2D eigenvalue weighted by molar-refractivity contribution is 7.99. The van der Waals surface area contributed by atoms with E-state index in [1.165, 1.54) is 36.3 Å². The standard InChI is InChI=1S/C15H17N3OS/c1-2-6-11-10(5-1)9-12(16-11)15-17-14(18-19-15)13-7-3-4-8-20-13/h1-2,5-6,12-13,16H,3-4,7-9H2/t12-,13?/m0/s1. The third kappa shape index (κ3) is 2.20. The molecular formula is C15H17N3OS. The number of anilines is 1. The second kappa shape index (κ2) is 5.13. The van der Waals surface area contributed by atoms with Crippen LogP contribution in [0.3, 0.4) is 0 Å². The lowest BCUT2D eigenvalue weighted by atomic mass is 10.1. The highest BCUT2D eigenvalue weighted by Crippen LogP contribution is 2.38. The van der Waals surface area contributed by atoms with Gasteiger partial charge in [-0.25, -0.2) is 0 Å². The Morgan fingerprint density at radius 2 is 2.20 bits per heavy atom. The fourth-order valence-corrected chi connectivity index (χ4v) is 4.14. The summed E-state index contributed by atoms with van der Waals surface area (Å²) >= 11 is 1.95. The summed E-state index contributed by atoms with van der Waals surface area (Å²) in [6.45, 7) is 0. The Labute approximate surface area is 122 Å². The smallest absolute Gasteiger partial charge is 0.249 e. The van der Waals surface area contributed by atoms with E-state index >= 15 is 0 Å². The summed E-state index contributed by atoms with van der Waals surface area (Å²) < 4.78 is 5.50. The van der Waals surface area contributed by atoms with Crippen molar-refractivity contribution in [3.05, 3.63) is 41.5 Å². The maximum absolute atomic E-state index is 5.50. The number of nitrogens with one attached hydrogen (secondary N) is 1. The van der Waals surface area contributed by atoms with E-state index in [1.54, 1.807) is 0 Å². The van der Waals surface area contributed by atoms with Crippen molar-refractivity contribution in [2.24, 2.45) is 0 Å². The van der Waals surface area contributed by atoms with Crippen molar-refractivity contribution in [2.45, 2.75) is 37.0 Å². The van der Waals surface area contributed by atoms with Gasteiger partial charge < -0.3 is 9.84 Å². The number of nitrogens with zero attached hydrogens (tertiary/aromatic N) is 2. The van der Waals surface area contributed by atoms with Crippen molar-refractivity contribution in [3.63, 3.8) is 0 Å². The number of benzene rings is 1. The Balaban J connectivity index is 1.52. The molecule has 3 heterocycles. The van der Waals surface area contributed by atoms with Gasteiger partial charge in [0, 0.05) is 12.1 Å². The van der Waals surface area contributed by atoms with Crippen LogP contribution < -0.4 is 5.32 Å². The lowest BCUT2D eigenvalue weighted by Crippen LogP contribution is -2.07. The first-order chi connectivity index (χ1) is 9.90. The van der Waals surface area contributed by atoms with E-state index in [-0.39, 0.29) is 6.04 Å². The summed E-state index contributed by atoms with van der Waals surface area (Å²) in [6.07, 6.45) is 4.68. The minimum Gasteiger partial charge on any atom is -0.373 e. The third-order valence-corrected chi connectivity index (χ3v) is 5.37. The zero-order chi connectivity index (χ0) is 13.4. The van der Waals surface area contributed by atoms with Gasteiger partial charge in [0.2, 0.25) is 5.89 Å². The fraction of sp³-hybridized carbons (Fsp3) is 0.467. The van der Waals surface area contributed by atoms with Crippen molar-refractivity contribution in [1.29, 1.82) is 0 Å². The summed E-state index contributed by atoms with van der Waals surface area (Å²) in [5.74, 6) is 2.81. The summed E-state index contributed by atoms with van der Waals surface area (Å²) in [5.41, 5.74) is 2.51. The number of rotatable bonds is 2. The average molecular weight is 287 g/mol. The molecule has 0 bridgehead atoms. The molecule has 4 nitrogen and oxygen atoms in total. The Kier molecular flexibility index (Phi) is 3.14. The number of hydrogen-bond donors (Lipinski definition) is 1. The minimum atomic E-state index is 0.127. The second-order valence-corrected chi connectivity index (χ2v) is 6.71. The first-order valence-corrected chi connectivity index (χ1v) is 8.24. The van der Waals surface area contributed by atoms with Crippen LogP contribution in [0.15, 0.2) is 28.8 Å². The number of aromatic nitrogens is 2. The molecule has 20 heavy (non-hydrogen) atoms. The molecule has 104 valence electrons. The zero-order valence-corrected chi connectivity index (χ0v) is 12.0. The van der Waals surface area contributed by atoms with Gasteiger partial charge in [0.25, 0.3) is 0 Å². The Morgan fingerprint density at radius 1 is 1.25 bits per heavy atom. The molecule has 0 aliphatic carbocycles. The maximum Gasteiger partial charge on any atom is 0.249 e. The van der Waals surface area contributed by atoms with Crippen LogP contribution in [0.1, 0.15) is 47.8 Å². The second-order valence-electron chi connectivity index (χ2n) is 5.40. The molecule has 0 spiro atoms. The number of fused-ring (bicyclic) bond motifs is 1. The molecule has 2 aliphatic rings. The monoisotopic (exact) mass is 287 g/mol. The fourth-order valence-electron chi connectivity index (χ4n) is 2.91. The third-order valence-electron chi connectivity index (χ3n) is 3.99. The molecule has 1 unspecified atom stereocenters. The molecule has 2 aliphatic heterocycles. The summed E-state index contributed by atoms with van der Waals surface area (Å²) in [7, 11) is 0. The van der Waals surface area contributed by atoms with E-state index in [0.29, 0.717) is 5.25 Å². The van der Waals surface area contributed by atoms with Gasteiger partial charge in [0.15, 0.2) is 5.82 Å². The lowest BCUT2D eigenvalue weighted by Gasteiger charge is -2.17. The van der Waals surface area contributed by atoms with E-state index < -0.39 is 0 Å². The Hall–Kier alpha value is -1.49. The SMILES string of the molecule is c1ccc2c(c1)C[C@@H](c1nc(C3CCCCS3)no1)N2. The topological polar surface area (TPSA) is 51.0 Å². The number of hydrogen-bond acceptors (Lipinski definition) is 5. The van der Waals surface area contributed by atoms with Crippen LogP contribution in [0, 0.1) is 0 Å². The predicted molar refractivity (Wildman–Crippen MR) is 79.9 cm³/mol. The summed E-state index contributed by atoms with van der Waals surface area (Å²) in [5, 5.41) is 8.09. The van der Waals surface area contributed by atoms with Crippen LogP contribution in [0.4, 0.5) is 5.69 Å². The van der Waals surface area contributed by atoms with E-state index in [4.69, 9.17) is 4.52 Å². The van der Waals surface area contributed by atoms with Crippen LogP contribution in [-0.4, -0.2) is 15.9 Å². The normalized spacial score (nSPS) is 25.2. The molecule has 4 rings (SSSR count). The Bertz CT molecular complexity index is 582. The van der Waals surface area contributed by atoms with Crippen molar-refractivity contribution in [3.8, 4) is 0 Å². The van der Waals surface area contributed by atoms with E-state index in [0.717, 1.165) is 18.1 Å². The molecule has 1 aromatic carbocycles. The molecule has 1 fully saturated rings. The molecule has 1 aromatic heterocycles. The number of thioether (sulfide) groups is 1. The van der Waals surface area contributed by atoms with Crippen LogP contribution in [0.2, 0.25) is 0 Å². The van der Waals surface area contributed by atoms with Gasteiger partial charge in [0.05, 0.1) is 5.25 Å². The average Bonchev–Trinajstić information content (AvgIpc) is 3.14. The van der Waals surface area contributed by atoms with Crippen molar-refractivity contribution >= 4 is 17.4 Å². The molecule has 0 radical (unpaired) electrons. The molecule has 2 atom stereocenters. The molecule has 5 heteroatoms. The quantitative estimate of drug-likeness (QED) is 0.912. The lowest BCUT2D eigenvalue weighted by molar-refractivity contribution is 0.358. The molecular weight excluding hydrogens is 270 g/mol. The predicted octanol–water partition coefficient (Wildman–Crippen LogP) is 3.74. The molecule has 0 amide bonds. The zero-order valence-electron chi connectivity index (χ0n) is 11.2. The van der Waals surface area contributed by atoms with Crippen LogP contribution in [0.5, 0.6) is 0 Å². The first-order valence-electron chi connectivity index (χ1n) is 7.20. The van der Waals surface area contributed by atoms with Gasteiger partial charge in [-0.1, -0.05) is 29.8 Å². The highest BCUT2D eigenvalue weighted by Gasteiger charge is 2.28. The summed E-state index contributed by atoms with van der Waals surface area (Å²) in [4.78, 5) is 4.64. The van der Waals surface area contributed by atoms with E-state index in [1.807, 2.05) is 17.8 Å². The maximum atomic E-state index is 5.50. The first kappa shape index (κ1) is 12.3.